The van der Waals surface area contributed by atoms with Crippen molar-refractivity contribution >= 4 is 27.1 Å². The summed E-state index contributed by atoms with van der Waals surface area (Å²) in [5, 5.41) is 7.33. The van der Waals surface area contributed by atoms with Gasteiger partial charge >= 0.3 is 0 Å². The van der Waals surface area contributed by atoms with Gasteiger partial charge in [0, 0.05) is 24.2 Å². The molecule has 0 saturated heterocycles. The number of aryl methyl sites for hydroxylation is 1. The van der Waals surface area contributed by atoms with E-state index in [4.69, 9.17) is 0 Å². The molecular weight excluding hydrogens is 368 g/mol. The maximum absolute atomic E-state index is 12.3. The van der Waals surface area contributed by atoms with Gasteiger partial charge in [-0.3, -0.25) is 0 Å². The third kappa shape index (κ3) is 6.42. The predicted octanol–water partition coefficient (Wildman–Crippen LogP) is 2.62. The van der Waals surface area contributed by atoms with Crippen molar-refractivity contribution in [3.05, 3.63) is 46.4 Å². The van der Waals surface area contributed by atoms with Crippen LogP contribution in [-0.4, -0.2) is 38.2 Å². The Kier molecular flexibility index (Phi) is 8.06. The largest absolute Gasteiger partial charge is 0.357 e. The number of thiazole rings is 1. The van der Waals surface area contributed by atoms with Crippen LogP contribution in [0.15, 0.2) is 46.4 Å². The van der Waals surface area contributed by atoms with Gasteiger partial charge < -0.3 is 10.6 Å². The van der Waals surface area contributed by atoms with E-state index >= 15 is 0 Å². The number of guanidine groups is 1. The SMILES string of the molecule is CCNC(=NCc1ncc(CC)s1)NCCCS(=O)(=O)c1ccccc1. The van der Waals surface area contributed by atoms with Crippen LogP contribution < -0.4 is 10.6 Å². The Labute approximate surface area is 159 Å². The lowest BCUT2D eigenvalue weighted by Crippen LogP contribution is -2.38. The first-order chi connectivity index (χ1) is 12.5. The molecule has 1 aromatic heterocycles. The number of rotatable bonds is 9. The molecule has 0 unspecified atom stereocenters. The number of sulfone groups is 1. The highest BCUT2D eigenvalue weighted by atomic mass is 32.2. The van der Waals surface area contributed by atoms with Crippen LogP contribution in [0.1, 0.15) is 30.2 Å². The summed E-state index contributed by atoms with van der Waals surface area (Å²) in [4.78, 5) is 10.5. The zero-order valence-electron chi connectivity index (χ0n) is 15.2. The molecule has 0 amide bonds. The molecule has 0 radical (unpaired) electrons. The number of nitrogens with one attached hydrogen (secondary N) is 2. The van der Waals surface area contributed by atoms with Gasteiger partial charge in [0.05, 0.1) is 17.2 Å². The van der Waals surface area contributed by atoms with E-state index in [1.165, 1.54) is 4.88 Å². The maximum Gasteiger partial charge on any atom is 0.191 e. The average molecular weight is 395 g/mol. The minimum Gasteiger partial charge on any atom is -0.357 e. The van der Waals surface area contributed by atoms with Gasteiger partial charge in [-0.2, -0.15) is 0 Å². The molecule has 8 heteroatoms. The highest BCUT2D eigenvalue weighted by Crippen LogP contribution is 2.14. The van der Waals surface area contributed by atoms with Crippen LogP contribution in [0, 0.1) is 0 Å². The number of nitrogens with zero attached hydrogens (tertiary/aromatic N) is 2. The molecule has 2 N–H and O–H groups in total. The maximum atomic E-state index is 12.3. The van der Waals surface area contributed by atoms with Gasteiger partial charge in [-0.1, -0.05) is 25.1 Å². The molecule has 142 valence electrons. The second-order valence-electron chi connectivity index (χ2n) is 5.68. The molecule has 26 heavy (non-hydrogen) atoms. The van der Waals surface area contributed by atoms with E-state index in [1.807, 2.05) is 19.2 Å². The Morgan fingerprint density at radius 1 is 1.19 bits per heavy atom. The Hall–Kier alpha value is -1.93. The highest BCUT2D eigenvalue weighted by Gasteiger charge is 2.13. The second kappa shape index (κ2) is 10.3. The normalized spacial score (nSPS) is 12.2. The van der Waals surface area contributed by atoms with Crippen LogP contribution in [0.25, 0.3) is 0 Å². The number of aliphatic imine (C=N–C) groups is 1. The molecule has 0 atom stereocenters. The lowest BCUT2D eigenvalue weighted by molar-refractivity contribution is 0.592. The van der Waals surface area contributed by atoms with E-state index in [9.17, 15) is 8.42 Å². The van der Waals surface area contributed by atoms with Crippen LogP contribution in [0.5, 0.6) is 0 Å². The van der Waals surface area contributed by atoms with Crippen molar-refractivity contribution in [2.24, 2.45) is 4.99 Å². The molecule has 0 aliphatic carbocycles. The molecule has 1 heterocycles. The van der Waals surface area contributed by atoms with Crippen molar-refractivity contribution in [2.75, 3.05) is 18.8 Å². The van der Waals surface area contributed by atoms with E-state index in [0.717, 1.165) is 18.0 Å². The summed E-state index contributed by atoms with van der Waals surface area (Å²) in [6, 6.07) is 8.55. The van der Waals surface area contributed by atoms with Crippen LogP contribution in [0.3, 0.4) is 0 Å². The second-order valence-corrected chi connectivity index (χ2v) is 8.99. The average Bonchev–Trinajstić information content (AvgIpc) is 3.12. The third-order valence-electron chi connectivity index (χ3n) is 3.65. The number of hydrogen-bond acceptors (Lipinski definition) is 5. The zero-order chi connectivity index (χ0) is 18.8. The molecule has 2 aromatic rings. The van der Waals surface area contributed by atoms with Crippen LogP contribution in [0.2, 0.25) is 0 Å². The Bertz CT molecular complexity index is 802. The standard InChI is InChI=1S/C18H26N4O2S2/c1-3-15-13-21-17(25-15)14-22-18(19-4-2)20-11-8-12-26(23,24)16-9-6-5-7-10-16/h5-7,9-10,13H,3-4,8,11-12,14H2,1-2H3,(H2,19,20,22). The molecule has 6 nitrogen and oxygen atoms in total. The van der Waals surface area contributed by atoms with E-state index in [1.54, 1.807) is 35.6 Å². The lowest BCUT2D eigenvalue weighted by Gasteiger charge is -2.11. The van der Waals surface area contributed by atoms with E-state index in [-0.39, 0.29) is 5.75 Å². The fourth-order valence-electron chi connectivity index (χ4n) is 2.29. The summed E-state index contributed by atoms with van der Waals surface area (Å²) < 4.78 is 24.5. The molecule has 0 aliphatic heterocycles. The Morgan fingerprint density at radius 2 is 1.96 bits per heavy atom. The molecule has 0 aliphatic rings. The van der Waals surface area contributed by atoms with Crippen LogP contribution in [-0.2, 0) is 22.8 Å². The summed E-state index contributed by atoms with van der Waals surface area (Å²) >= 11 is 1.67. The van der Waals surface area contributed by atoms with Gasteiger partial charge in [0.25, 0.3) is 0 Å². The summed E-state index contributed by atoms with van der Waals surface area (Å²) in [5.41, 5.74) is 0. The summed E-state index contributed by atoms with van der Waals surface area (Å²) in [5.74, 6) is 0.785. The minimum atomic E-state index is -3.23. The smallest absolute Gasteiger partial charge is 0.191 e. The highest BCUT2D eigenvalue weighted by molar-refractivity contribution is 7.91. The monoisotopic (exact) mass is 394 g/mol. The van der Waals surface area contributed by atoms with Gasteiger partial charge in [-0.25, -0.2) is 18.4 Å². The summed E-state index contributed by atoms with van der Waals surface area (Å²) in [6.45, 7) is 5.90. The third-order valence-corrected chi connectivity index (χ3v) is 6.59. The van der Waals surface area contributed by atoms with E-state index in [2.05, 4.69) is 27.5 Å². The fourth-order valence-corrected chi connectivity index (χ4v) is 4.41. The zero-order valence-corrected chi connectivity index (χ0v) is 16.9. The molecule has 1 aromatic carbocycles. The fraction of sp³-hybridized carbons (Fsp3) is 0.444. The topological polar surface area (TPSA) is 83.4 Å². The van der Waals surface area contributed by atoms with Gasteiger partial charge in [0.1, 0.15) is 5.01 Å². The van der Waals surface area contributed by atoms with Crippen LogP contribution in [0.4, 0.5) is 0 Å². The van der Waals surface area contributed by atoms with Crippen molar-refractivity contribution in [3.63, 3.8) is 0 Å². The number of aromatic nitrogens is 1. The first-order valence-corrected chi connectivity index (χ1v) is 11.3. The summed E-state index contributed by atoms with van der Waals surface area (Å²) in [7, 11) is -3.23. The van der Waals surface area contributed by atoms with E-state index in [0.29, 0.717) is 30.4 Å². The van der Waals surface area contributed by atoms with Gasteiger partial charge in [0.2, 0.25) is 0 Å². The van der Waals surface area contributed by atoms with E-state index < -0.39 is 9.84 Å². The molecule has 0 fully saturated rings. The van der Waals surface area contributed by atoms with Gasteiger partial charge in [0.15, 0.2) is 15.8 Å². The molecule has 2 rings (SSSR count). The van der Waals surface area contributed by atoms with Crippen molar-refractivity contribution in [1.29, 1.82) is 0 Å². The molecule has 0 spiro atoms. The quantitative estimate of drug-likeness (QED) is 0.388. The molecular formula is C18H26N4O2S2. The van der Waals surface area contributed by atoms with Gasteiger partial charge in [-0.05, 0) is 31.9 Å². The van der Waals surface area contributed by atoms with Crippen molar-refractivity contribution < 1.29 is 8.42 Å². The first-order valence-electron chi connectivity index (χ1n) is 8.78. The van der Waals surface area contributed by atoms with Crippen molar-refractivity contribution in [3.8, 4) is 0 Å². The van der Waals surface area contributed by atoms with Crippen molar-refractivity contribution in [2.45, 2.75) is 38.1 Å². The van der Waals surface area contributed by atoms with Crippen molar-refractivity contribution in [1.82, 2.24) is 15.6 Å². The minimum absolute atomic E-state index is 0.107. The molecule has 0 bridgehead atoms. The molecule has 0 saturated carbocycles. The predicted molar refractivity (Wildman–Crippen MR) is 107 cm³/mol. The Balaban J connectivity index is 1.83. The lowest BCUT2D eigenvalue weighted by atomic mass is 10.4. The first kappa shape index (κ1) is 20.4. The van der Waals surface area contributed by atoms with Gasteiger partial charge in [-0.15, -0.1) is 11.3 Å². The number of hydrogen-bond donors (Lipinski definition) is 2. The van der Waals surface area contributed by atoms with Crippen LogP contribution >= 0.6 is 11.3 Å². The number of benzene rings is 1. The summed E-state index contributed by atoms with van der Waals surface area (Å²) in [6.07, 6.45) is 3.39. The Morgan fingerprint density at radius 3 is 2.62 bits per heavy atom.